The molecular formula is C51H87NO7. The molecule has 2 atom stereocenters. The lowest BCUT2D eigenvalue weighted by Crippen LogP contribution is -2.55. The summed E-state index contributed by atoms with van der Waals surface area (Å²) in [6, 6.07) is -0.734. The fourth-order valence-electron chi connectivity index (χ4n) is 6.51. The van der Waals surface area contributed by atoms with E-state index in [0.29, 0.717) is 19.3 Å². The van der Waals surface area contributed by atoms with Crippen molar-refractivity contribution in [1.29, 1.82) is 0 Å². The van der Waals surface area contributed by atoms with Gasteiger partial charge < -0.3 is 28.6 Å². The second-order valence-electron chi connectivity index (χ2n) is 16.6. The van der Waals surface area contributed by atoms with E-state index >= 15 is 0 Å². The summed E-state index contributed by atoms with van der Waals surface area (Å²) in [5.74, 6) is -1.79. The van der Waals surface area contributed by atoms with Gasteiger partial charge in [0, 0.05) is 19.3 Å². The largest absolute Gasteiger partial charge is 0.544 e. The Morgan fingerprint density at radius 1 is 0.508 bits per heavy atom. The molecular weight excluding hydrogens is 739 g/mol. The van der Waals surface area contributed by atoms with E-state index < -0.39 is 18.1 Å². The average molecular weight is 826 g/mol. The minimum atomic E-state index is -1.13. The summed E-state index contributed by atoms with van der Waals surface area (Å²) in [4.78, 5) is 36.9. The van der Waals surface area contributed by atoms with Crippen molar-refractivity contribution in [3.63, 3.8) is 0 Å². The van der Waals surface area contributed by atoms with Gasteiger partial charge >= 0.3 is 11.9 Å². The minimum Gasteiger partial charge on any atom is -0.544 e. The molecule has 0 saturated carbocycles. The maximum Gasteiger partial charge on any atom is 0.306 e. The third-order valence-corrected chi connectivity index (χ3v) is 10.1. The van der Waals surface area contributed by atoms with E-state index in [2.05, 4.69) is 86.8 Å². The second-order valence-corrected chi connectivity index (χ2v) is 16.6. The lowest BCUT2D eigenvalue weighted by atomic mass is 10.0. The van der Waals surface area contributed by atoms with E-state index in [0.717, 1.165) is 70.6 Å². The molecule has 0 aliphatic carbocycles. The molecule has 8 heteroatoms. The Hall–Kier alpha value is -3.23. The van der Waals surface area contributed by atoms with Crippen LogP contribution >= 0.6 is 0 Å². The van der Waals surface area contributed by atoms with Crippen LogP contribution in [0.3, 0.4) is 0 Å². The fourth-order valence-corrected chi connectivity index (χ4v) is 6.51. The molecule has 8 nitrogen and oxygen atoms in total. The van der Waals surface area contributed by atoms with Crippen molar-refractivity contribution < 1.29 is 38.2 Å². The fraction of sp³-hybridized carbons (Fsp3) is 0.706. The number of carbonyl (C=O) groups is 3. The van der Waals surface area contributed by atoms with Gasteiger partial charge in [-0.2, -0.15) is 0 Å². The first-order chi connectivity index (χ1) is 28.6. The first-order valence-corrected chi connectivity index (χ1v) is 23.5. The van der Waals surface area contributed by atoms with Crippen LogP contribution in [-0.4, -0.2) is 75.5 Å². The van der Waals surface area contributed by atoms with Gasteiger partial charge in [-0.3, -0.25) is 9.59 Å². The van der Waals surface area contributed by atoms with Gasteiger partial charge in [0.05, 0.1) is 40.3 Å². The molecule has 2 unspecified atom stereocenters. The molecule has 0 aromatic rings. The van der Waals surface area contributed by atoms with Gasteiger partial charge in [-0.15, -0.1) is 0 Å². The Labute approximate surface area is 361 Å². The third-order valence-electron chi connectivity index (χ3n) is 10.1. The maximum absolute atomic E-state index is 12.7. The van der Waals surface area contributed by atoms with Crippen molar-refractivity contribution >= 4 is 17.9 Å². The van der Waals surface area contributed by atoms with Crippen LogP contribution in [0.5, 0.6) is 0 Å². The highest BCUT2D eigenvalue weighted by Gasteiger charge is 2.25. The number of likely N-dealkylation sites (N-methyl/N-ethyl adjacent to an activating group) is 1. The van der Waals surface area contributed by atoms with E-state index in [1.54, 1.807) is 21.1 Å². The predicted octanol–water partition coefficient (Wildman–Crippen LogP) is 11.8. The molecule has 0 heterocycles. The van der Waals surface area contributed by atoms with Crippen LogP contribution < -0.4 is 5.11 Å². The van der Waals surface area contributed by atoms with E-state index in [4.69, 9.17) is 14.2 Å². The van der Waals surface area contributed by atoms with Gasteiger partial charge in [-0.05, 0) is 77.0 Å². The minimum absolute atomic E-state index is 0.0256. The smallest absolute Gasteiger partial charge is 0.306 e. The zero-order chi connectivity index (χ0) is 43.5. The highest BCUT2D eigenvalue weighted by Crippen LogP contribution is 2.15. The quantitative estimate of drug-likeness (QED) is 0.0262. The topological polar surface area (TPSA) is 102 Å². The summed E-state index contributed by atoms with van der Waals surface area (Å²) in [6.45, 7) is 4.39. The average Bonchev–Trinajstić information content (AvgIpc) is 3.19. The molecule has 0 saturated heterocycles. The molecule has 0 rings (SSSR count). The van der Waals surface area contributed by atoms with Gasteiger partial charge in [-0.1, -0.05) is 157 Å². The van der Waals surface area contributed by atoms with Crippen molar-refractivity contribution in [2.24, 2.45) is 0 Å². The zero-order valence-electron chi connectivity index (χ0n) is 38.4. The normalized spacial score (nSPS) is 13.6. The van der Waals surface area contributed by atoms with Gasteiger partial charge in [0.2, 0.25) is 0 Å². The number of carbonyl (C=O) groups excluding carboxylic acids is 3. The molecule has 0 radical (unpaired) electrons. The molecule has 0 aromatic carbocycles. The molecule has 0 amide bonds. The summed E-state index contributed by atoms with van der Waals surface area (Å²) < 4.78 is 17.1. The van der Waals surface area contributed by atoms with Crippen LogP contribution in [0, 0.1) is 0 Å². The number of unbranched alkanes of at least 4 members (excludes halogenated alkanes) is 15. The molecule has 0 fully saturated rings. The Kier molecular flexibility index (Phi) is 39.2. The molecule has 0 aromatic heterocycles. The highest BCUT2D eigenvalue weighted by atomic mass is 16.6. The van der Waals surface area contributed by atoms with E-state index in [1.165, 1.54) is 70.6 Å². The van der Waals surface area contributed by atoms with Crippen molar-refractivity contribution in [3.8, 4) is 0 Å². The van der Waals surface area contributed by atoms with E-state index in [9.17, 15) is 19.5 Å². The standard InChI is InChI=1S/C51H87NO7/c1-6-8-10-12-14-16-18-20-21-22-23-24-25-26-27-28-29-30-32-34-36-38-40-42-50(54)59-47(45-57-44-43-48(51(55)56)52(3,4)5)46-58-49(53)41-39-37-35-33-31-19-17-15-13-11-9-7-2/h8-11,14-17,20-21,31,33,47-48H,6-7,12-13,18-19,22-30,32,34-46H2,1-5H3/b10-8+,11-9+,16-14+,17-15+,21-20+,33-31+. The maximum atomic E-state index is 12.7. The monoisotopic (exact) mass is 826 g/mol. The number of ether oxygens (including phenoxy) is 3. The first kappa shape index (κ1) is 55.8. The van der Waals surface area contributed by atoms with Crippen LogP contribution in [0.2, 0.25) is 0 Å². The number of rotatable bonds is 41. The number of carboxylic acid groups (broad SMARTS) is 1. The number of hydrogen-bond donors (Lipinski definition) is 0. The van der Waals surface area contributed by atoms with Gasteiger partial charge in [0.25, 0.3) is 0 Å². The van der Waals surface area contributed by atoms with Gasteiger partial charge in [-0.25, -0.2) is 0 Å². The summed E-state index contributed by atoms with van der Waals surface area (Å²) in [6.07, 6.45) is 52.3. The molecule has 0 bridgehead atoms. The predicted molar refractivity (Wildman–Crippen MR) is 245 cm³/mol. The van der Waals surface area contributed by atoms with Crippen molar-refractivity contribution in [2.45, 2.75) is 193 Å². The molecule has 0 aliphatic rings. The van der Waals surface area contributed by atoms with Crippen LogP contribution in [-0.2, 0) is 28.6 Å². The van der Waals surface area contributed by atoms with Crippen LogP contribution in [0.1, 0.15) is 181 Å². The Morgan fingerprint density at radius 2 is 0.898 bits per heavy atom. The van der Waals surface area contributed by atoms with Crippen LogP contribution in [0.15, 0.2) is 72.9 Å². The molecule has 338 valence electrons. The SMILES string of the molecule is CC/C=C/C/C=C/C/C=C/CCCCCCCCCCCCCCCC(=O)OC(COCCC(C(=O)[O-])[N+](C)(C)C)COC(=O)CCCC/C=C/C/C=C/C/C=C/CC. The van der Waals surface area contributed by atoms with Gasteiger partial charge in [0.15, 0.2) is 6.10 Å². The first-order valence-electron chi connectivity index (χ1n) is 23.5. The highest BCUT2D eigenvalue weighted by molar-refractivity contribution is 5.70. The number of hydrogen-bond acceptors (Lipinski definition) is 7. The number of allylic oxidation sites excluding steroid dienone is 12. The van der Waals surface area contributed by atoms with Crippen molar-refractivity contribution in [2.75, 3.05) is 41.0 Å². The van der Waals surface area contributed by atoms with Crippen molar-refractivity contribution in [3.05, 3.63) is 72.9 Å². The Bertz CT molecular complexity index is 1190. The Balaban J connectivity index is 4.26. The zero-order valence-corrected chi connectivity index (χ0v) is 38.4. The summed E-state index contributed by atoms with van der Waals surface area (Å²) in [5.41, 5.74) is 0. The molecule has 0 N–H and O–H groups in total. The van der Waals surface area contributed by atoms with Crippen LogP contribution in [0.25, 0.3) is 0 Å². The summed E-state index contributed by atoms with van der Waals surface area (Å²) in [5, 5.41) is 11.6. The van der Waals surface area contributed by atoms with Crippen LogP contribution in [0.4, 0.5) is 0 Å². The number of carboxylic acids is 1. The number of nitrogens with zero attached hydrogens (tertiary/aromatic N) is 1. The Morgan fingerprint density at radius 3 is 1.36 bits per heavy atom. The second kappa shape index (κ2) is 41.5. The van der Waals surface area contributed by atoms with E-state index in [1.807, 2.05) is 0 Å². The summed E-state index contributed by atoms with van der Waals surface area (Å²) in [7, 11) is 5.39. The molecule has 0 aliphatic heterocycles. The molecule has 59 heavy (non-hydrogen) atoms. The lowest BCUT2D eigenvalue weighted by molar-refractivity contribution is -0.889. The summed E-state index contributed by atoms with van der Waals surface area (Å²) >= 11 is 0. The number of quaternary nitrogens is 1. The third kappa shape index (κ3) is 40.0. The number of aliphatic carboxylic acids is 1. The number of esters is 2. The van der Waals surface area contributed by atoms with Gasteiger partial charge in [0.1, 0.15) is 12.6 Å². The lowest BCUT2D eigenvalue weighted by Gasteiger charge is -2.34. The van der Waals surface area contributed by atoms with Crippen molar-refractivity contribution in [1.82, 2.24) is 0 Å². The molecule has 0 spiro atoms. The van der Waals surface area contributed by atoms with E-state index in [-0.39, 0.29) is 42.7 Å².